The van der Waals surface area contributed by atoms with Gasteiger partial charge in [0.1, 0.15) is 0 Å². The zero-order valence-corrected chi connectivity index (χ0v) is 12.3. The molecular weight excluding hydrogens is 259 g/mol. The Kier molecular flexibility index (Phi) is 4.38. The van der Waals surface area contributed by atoms with E-state index < -0.39 is 5.82 Å². The van der Waals surface area contributed by atoms with Gasteiger partial charge in [-0.25, -0.2) is 4.39 Å². The number of halogens is 1. The first kappa shape index (κ1) is 14.9. The van der Waals surface area contributed by atoms with Crippen molar-refractivity contribution in [2.75, 3.05) is 23.7 Å². The molecule has 1 fully saturated rings. The first-order valence-electron chi connectivity index (χ1n) is 7.07. The minimum absolute atomic E-state index is 0.0944. The van der Waals surface area contributed by atoms with Gasteiger partial charge in [0.2, 0.25) is 0 Å². The Balaban J connectivity index is 2.27. The summed E-state index contributed by atoms with van der Waals surface area (Å²) < 4.78 is 19.3. The van der Waals surface area contributed by atoms with Crippen molar-refractivity contribution in [3.8, 4) is 5.75 Å². The lowest BCUT2D eigenvalue weighted by molar-refractivity contribution is 0.0971. The summed E-state index contributed by atoms with van der Waals surface area (Å²) in [6.45, 7) is 7.13. The van der Waals surface area contributed by atoms with Crippen LogP contribution in [0, 0.1) is 11.7 Å². The average molecular weight is 282 g/mol. The third-order valence-electron chi connectivity index (χ3n) is 3.64. The lowest BCUT2D eigenvalue weighted by Gasteiger charge is -2.36. The van der Waals surface area contributed by atoms with Crippen molar-refractivity contribution >= 4 is 11.4 Å². The second-order valence-corrected chi connectivity index (χ2v) is 5.79. The van der Waals surface area contributed by atoms with Gasteiger partial charge < -0.3 is 20.5 Å². The lowest BCUT2D eigenvalue weighted by Crippen LogP contribution is -2.42. The molecule has 0 aliphatic carbocycles. The second-order valence-electron chi connectivity index (χ2n) is 5.79. The number of hydrogen-bond donors (Lipinski definition) is 2. The number of anilines is 2. The van der Waals surface area contributed by atoms with Gasteiger partial charge in [-0.3, -0.25) is 0 Å². The SMILES string of the molecule is CC(C)Oc1cc(N2CCC(O)C(C)C2)c(N)cc1F. The molecule has 0 bridgehead atoms. The molecule has 0 spiro atoms. The summed E-state index contributed by atoms with van der Waals surface area (Å²) in [5, 5.41) is 9.79. The molecule has 112 valence electrons. The number of aliphatic hydroxyl groups excluding tert-OH is 1. The highest BCUT2D eigenvalue weighted by molar-refractivity contribution is 5.70. The molecule has 1 saturated heterocycles. The fraction of sp³-hybridized carbons (Fsp3) is 0.600. The van der Waals surface area contributed by atoms with Gasteiger partial charge in [-0.15, -0.1) is 0 Å². The minimum Gasteiger partial charge on any atom is -0.488 e. The number of aliphatic hydroxyl groups is 1. The second kappa shape index (κ2) is 5.87. The summed E-state index contributed by atoms with van der Waals surface area (Å²) in [6, 6.07) is 2.97. The van der Waals surface area contributed by atoms with Gasteiger partial charge in [0.25, 0.3) is 0 Å². The van der Waals surface area contributed by atoms with Crippen LogP contribution in [0.15, 0.2) is 12.1 Å². The molecule has 2 unspecified atom stereocenters. The van der Waals surface area contributed by atoms with Crippen molar-refractivity contribution < 1.29 is 14.2 Å². The zero-order valence-electron chi connectivity index (χ0n) is 12.3. The van der Waals surface area contributed by atoms with Gasteiger partial charge in [0.15, 0.2) is 11.6 Å². The predicted molar refractivity (Wildman–Crippen MR) is 78.6 cm³/mol. The summed E-state index contributed by atoms with van der Waals surface area (Å²) in [4.78, 5) is 2.08. The van der Waals surface area contributed by atoms with Crippen LogP contribution in [0.25, 0.3) is 0 Å². The van der Waals surface area contributed by atoms with Gasteiger partial charge >= 0.3 is 0 Å². The van der Waals surface area contributed by atoms with Crippen LogP contribution < -0.4 is 15.4 Å². The largest absolute Gasteiger partial charge is 0.488 e. The van der Waals surface area contributed by atoms with E-state index in [1.54, 1.807) is 6.07 Å². The highest BCUT2D eigenvalue weighted by Crippen LogP contribution is 2.34. The van der Waals surface area contributed by atoms with Crippen LogP contribution in [0.4, 0.5) is 15.8 Å². The molecule has 2 atom stereocenters. The maximum absolute atomic E-state index is 13.8. The third kappa shape index (κ3) is 3.15. The molecule has 0 amide bonds. The summed E-state index contributed by atoms with van der Waals surface area (Å²) >= 11 is 0. The number of nitrogens with zero attached hydrogens (tertiary/aromatic N) is 1. The number of nitrogens with two attached hydrogens (primary N) is 1. The summed E-state index contributed by atoms with van der Waals surface area (Å²) in [7, 11) is 0. The summed E-state index contributed by atoms with van der Waals surface area (Å²) in [6.07, 6.45) is 0.320. The predicted octanol–water partition coefficient (Wildman–Crippen LogP) is 2.40. The van der Waals surface area contributed by atoms with Crippen molar-refractivity contribution in [1.29, 1.82) is 0 Å². The van der Waals surface area contributed by atoms with E-state index in [4.69, 9.17) is 10.5 Å². The van der Waals surface area contributed by atoms with Gasteiger partial charge in [0, 0.05) is 25.2 Å². The quantitative estimate of drug-likeness (QED) is 0.836. The Hall–Kier alpha value is -1.49. The highest BCUT2D eigenvalue weighted by Gasteiger charge is 2.26. The number of rotatable bonds is 3. The van der Waals surface area contributed by atoms with Crippen LogP contribution in [0.5, 0.6) is 5.75 Å². The van der Waals surface area contributed by atoms with Crippen LogP contribution >= 0.6 is 0 Å². The number of nitrogen functional groups attached to an aromatic ring is 1. The van der Waals surface area contributed by atoms with E-state index >= 15 is 0 Å². The molecule has 1 aliphatic rings. The molecule has 0 aromatic heterocycles. The summed E-state index contributed by atoms with van der Waals surface area (Å²) in [5.41, 5.74) is 7.12. The fourth-order valence-electron chi connectivity index (χ4n) is 2.53. The average Bonchev–Trinajstić information content (AvgIpc) is 2.36. The molecule has 20 heavy (non-hydrogen) atoms. The third-order valence-corrected chi connectivity index (χ3v) is 3.64. The van der Waals surface area contributed by atoms with Gasteiger partial charge in [-0.2, -0.15) is 0 Å². The van der Waals surface area contributed by atoms with E-state index in [-0.39, 0.29) is 23.9 Å². The van der Waals surface area contributed by atoms with Crippen molar-refractivity contribution in [2.45, 2.75) is 39.4 Å². The van der Waals surface area contributed by atoms with E-state index in [0.717, 1.165) is 5.69 Å². The van der Waals surface area contributed by atoms with Crippen LogP contribution in [0.3, 0.4) is 0 Å². The molecule has 1 heterocycles. The van der Waals surface area contributed by atoms with E-state index in [9.17, 15) is 9.50 Å². The van der Waals surface area contributed by atoms with Crippen LogP contribution in [-0.2, 0) is 0 Å². The van der Waals surface area contributed by atoms with Gasteiger partial charge in [-0.05, 0) is 26.2 Å². The maximum Gasteiger partial charge on any atom is 0.167 e. The highest BCUT2D eigenvalue weighted by atomic mass is 19.1. The molecule has 1 aromatic rings. The molecule has 5 heteroatoms. The van der Waals surface area contributed by atoms with E-state index in [2.05, 4.69) is 4.90 Å². The molecule has 1 aliphatic heterocycles. The minimum atomic E-state index is -0.440. The Bertz CT molecular complexity index is 479. The van der Waals surface area contributed by atoms with E-state index in [1.807, 2.05) is 20.8 Å². The van der Waals surface area contributed by atoms with E-state index in [1.165, 1.54) is 6.07 Å². The fourth-order valence-corrected chi connectivity index (χ4v) is 2.53. The van der Waals surface area contributed by atoms with Crippen molar-refractivity contribution in [3.05, 3.63) is 17.9 Å². The molecule has 4 nitrogen and oxygen atoms in total. The van der Waals surface area contributed by atoms with Gasteiger partial charge in [-0.1, -0.05) is 6.92 Å². The van der Waals surface area contributed by atoms with Crippen LogP contribution in [0.2, 0.25) is 0 Å². The molecule has 0 radical (unpaired) electrons. The Labute approximate surface area is 119 Å². The maximum atomic E-state index is 13.8. The lowest BCUT2D eigenvalue weighted by atomic mass is 9.96. The normalized spacial score (nSPS) is 23.2. The molecule has 2 rings (SSSR count). The number of hydrogen-bond acceptors (Lipinski definition) is 4. The van der Waals surface area contributed by atoms with Gasteiger partial charge in [0.05, 0.1) is 23.6 Å². The van der Waals surface area contributed by atoms with E-state index in [0.29, 0.717) is 25.2 Å². The standard InChI is InChI=1S/C15H23FN2O2/c1-9(2)20-15-7-13(12(17)6-11(15)16)18-5-4-14(19)10(3)8-18/h6-7,9-10,14,19H,4-5,8,17H2,1-3H3. The monoisotopic (exact) mass is 282 g/mol. The number of piperidine rings is 1. The Morgan fingerprint density at radius 3 is 2.75 bits per heavy atom. The van der Waals surface area contributed by atoms with Crippen molar-refractivity contribution in [2.24, 2.45) is 5.92 Å². The summed E-state index contributed by atoms with van der Waals surface area (Å²) in [5.74, 6) is -0.0457. The molecule has 1 aromatic carbocycles. The Morgan fingerprint density at radius 1 is 1.45 bits per heavy atom. The first-order chi connectivity index (χ1) is 9.38. The van der Waals surface area contributed by atoms with Crippen LogP contribution in [0.1, 0.15) is 27.2 Å². The molecule has 3 N–H and O–H groups in total. The number of ether oxygens (including phenoxy) is 1. The first-order valence-corrected chi connectivity index (χ1v) is 7.07. The smallest absolute Gasteiger partial charge is 0.167 e. The Morgan fingerprint density at radius 2 is 2.15 bits per heavy atom. The van der Waals surface area contributed by atoms with Crippen molar-refractivity contribution in [3.63, 3.8) is 0 Å². The molecular formula is C15H23FN2O2. The molecule has 0 saturated carbocycles. The number of benzene rings is 1. The topological polar surface area (TPSA) is 58.7 Å². The zero-order chi connectivity index (χ0) is 14.9. The van der Waals surface area contributed by atoms with Crippen molar-refractivity contribution in [1.82, 2.24) is 0 Å². The van der Waals surface area contributed by atoms with Crippen LogP contribution in [-0.4, -0.2) is 30.4 Å².